The van der Waals surface area contributed by atoms with Crippen LogP contribution in [-0.2, 0) is 20.2 Å². The molecule has 0 bridgehead atoms. The van der Waals surface area contributed by atoms with Crippen molar-refractivity contribution in [3.63, 3.8) is 0 Å². The number of aliphatic hydroxyl groups is 1. The standard InChI is InChI=1S/C15H18O4/c1-13-10-14(2,11-6-4-3-5-7-11)18-19-15(13,17)9-8-12(13)16/h3-7,17H,8-10H2,1-2H3/t13-,14?,15+/m1/s1. The van der Waals surface area contributed by atoms with Crippen LogP contribution < -0.4 is 0 Å². The normalized spacial score (nSPS) is 42.2. The average Bonchev–Trinajstić information content (AvgIpc) is 2.64. The minimum absolute atomic E-state index is 0.0421. The Morgan fingerprint density at radius 1 is 1.16 bits per heavy atom. The molecule has 0 aromatic heterocycles. The highest BCUT2D eigenvalue weighted by molar-refractivity contribution is 5.88. The molecule has 3 atom stereocenters. The SMILES string of the molecule is CC1(c2ccccc2)C[C@]2(C)C(=O)CC[C@]2(O)OO1. The number of hydrogen-bond acceptors (Lipinski definition) is 4. The Labute approximate surface area is 112 Å². The highest BCUT2D eigenvalue weighted by Crippen LogP contribution is 2.55. The summed E-state index contributed by atoms with van der Waals surface area (Å²) in [6.45, 7) is 3.66. The molecule has 0 spiro atoms. The quantitative estimate of drug-likeness (QED) is 0.789. The molecule has 0 radical (unpaired) electrons. The summed E-state index contributed by atoms with van der Waals surface area (Å²) < 4.78 is 0. The van der Waals surface area contributed by atoms with E-state index < -0.39 is 16.8 Å². The number of ketones is 1. The second-order valence-electron chi connectivity index (χ2n) is 5.98. The summed E-state index contributed by atoms with van der Waals surface area (Å²) in [7, 11) is 0. The van der Waals surface area contributed by atoms with Crippen molar-refractivity contribution in [1.82, 2.24) is 0 Å². The highest BCUT2D eigenvalue weighted by Gasteiger charge is 2.64. The Morgan fingerprint density at radius 2 is 1.84 bits per heavy atom. The van der Waals surface area contributed by atoms with Gasteiger partial charge in [0.2, 0.25) is 5.79 Å². The minimum atomic E-state index is -1.49. The van der Waals surface area contributed by atoms with Crippen LogP contribution in [0.1, 0.15) is 38.7 Å². The lowest BCUT2D eigenvalue weighted by Gasteiger charge is -2.48. The molecule has 1 aromatic rings. The number of hydrogen-bond donors (Lipinski definition) is 1. The van der Waals surface area contributed by atoms with Gasteiger partial charge in [0.1, 0.15) is 11.4 Å². The van der Waals surface area contributed by atoms with Gasteiger partial charge in [0.05, 0.1) is 5.41 Å². The highest BCUT2D eigenvalue weighted by atomic mass is 17.2. The second kappa shape index (κ2) is 3.88. The molecule has 4 heteroatoms. The molecule has 1 heterocycles. The molecule has 1 saturated carbocycles. The van der Waals surface area contributed by atoms with E-state index in [-0.39, 0.29) is 5.78 Å². The number of carbonyl (C=O) groups excluding carboxylic acids is 1. The van der Waals surface area contributed by atoms with E-state index >= 15 is 0 Å². The maximum Gasteiger partial charge on any atom is 0.212 e. The topological polar surface area (TPSA) is 55.8 Å². The summed E-state index contributed by atoms with van der Waals surface area (Å²) >= 11 is 0. The monoisotopic (exact) mass is 262 g/mol. The number of carbonyl (C=O) groups is 1. The van der Waals surface area contributed by atoms with Crippen molar-refractivity contribution >= 4 is 5.78 Å². The molecular weight excluding hydrogens is 244 g/mol. The second-order valence-corrected chi connectivity index (χ2v) is 5.98. The van der Waals surface area contributed by atoms with Gasteiger partial charge in [-0.15, -0.1) is 0 Å². The molecule has 19 heavy (non-hydrogen) atoms. The summed E-state index contributed by atoms with van der Waals surface area (Å²) in [5.74, 6) is -1.45. The van der Waals surface area contributed by atoms with E-state index in [1.54, 1.807) is 6.92 Å². The number of fused-ring (bicyclic) bond motifs is 1. The largest absolute Gasteiger partial charge is 0.362 e. The zero-order chi connectivity index (χ0) is 13.7. The maximum absolute atomic E-state index is 12.2. The van der Waals surface area contributed by atoms with Crippen molar-refractivity contribution in [1.29, 1.82) is 0 Å². The fourth-order valence-corrected chi connectivity index (χ4v) is 3.23. The summed E-state index contributed by atoms with van der Waals surface area (Å²) in [6, 6.07) is 9.65. The fourth-order valence-electron chi connectivity index (χ4n) is 3.23. The third kappa shape index (κ3) is 1.67. The molecule has 1 unspecified atom stereocenters. The fraction of sp³-hybridized carbons (Fsp3) is 0.533. The first kappa shape index (κ1) is 12.8. The van der Waals surface area contributed by atoms with Crippen molar-refractivity contribution < 1.29 is 19.7 Å². The van der Waals surface area contributed by atoms with E-state index in [9.17, 15) is 9.90 Å². The average molecular weight is 262 g/mol. The Hall–Kier alpha value is -1.23. The van der Waals surface area contributed by atoms with Gasteiger partial charge in [0.25, 0.3) is 0 Å². The van der Waals surface area contributed by atoms with E-state index in [2.05, 4.69) is 0 Å². The first-order valence-corrected chi connectivity index (χ1v) is 6.58. The van der Waals surface area contributed by atoms with Gasteiger partial charge in [-0.3, -0.25) is 4.79 Å². The van der Waals surface area contributed by atoms with E-state index in [0.717, 1.165) is 5.56 Å². The van der Waals surface area contributed by atoms with Crippen LogP contribution in [0.5, 0.6) is 0 Å². The lowest BCUT2D eigenvalue weighted by molar-refractivity contribution is -0.508. The van der Waals surface area contributed by atoms with Crippen molar-refractivity contribution in [2.24, 2.45) is 5.41 Å². The molecule has 1 aromatic carbocycles. The third-order valence-corrected chi connectivity index (χ3v) is 4.61. The van der Waals surface area contributed by atoms with Crippen molar-refractivity contribution in [2.75, 3.05) is 0 Å². The van der Waals surface area contributed by atoms with Gasteiger partial charge < -0.3 is 5.11 Å². The van der Waals surface area contributed by atoms with Gasteiger partial charge in [0.15, 0.2) is 0 Å². The zero-order valence-electron chi connectivity index (χ0n) is 11.2. The van der Waals surface area contributed by atoms with Crippen LogP contribution in [0.15, 0.2) is 30.3 Å². The van der Waals surface area contributed by atoms with Crippen LogP contribution in [0.4, 0.5) is 0 Å². The lowest BCUT2D eigenvalue weighted by Crippen LogP contribution is -2.56. The van der Waals surface area contributed by atoms with Crippen LogP contribution >= 0.6 is 0 Å². The summed E-state index contributed by atoms with van der Waals surface area (Å²) in [6.07, 6.45) is 1.05. The summed E-state index contributed by atoms with van der Waals surface area (Å²) in [4.78, 5) is 22.9. The van der Waals surface area contributed by atoms with Gasteiger partial charge in [-0.2, -0.15) is 4.89 Å². The Balaban J connectivity index is 1.99. The van der Waals surface area contributed by atoms with Crippen LogP contribution in [0.25, 0.3) is 0 Å². The number of benzene rings is 1. The van der Waals surface area contributed by atoms with Crippen LogP contribution in [0.2, 0.25) is 0 Å². The molecule has 3 rings (SSSR count). The van der Waals surface area contributed by atoms with Crippen molar-refractivity contribution in [2.45, 2.75) is 44.5 Å². The first-order chi connectivity index (χ1) is 8.90. The molecule has 2 fully saturated rings. The minimum Gasteiger partial charge on any atom is -0.362 e. The molecular formula is C15H18O4. The molecule has 2 aliphatic rings. The van der Waals surface area contributed by atoms with Crippen LogP contribution in [0, 0.1) is 5.41 Å². The van der Waals surface area contributed by atoms with Gasteiger partial charge in [0, 0.05) is 19.3 Å². The molecule has 1 aliphatic carbocycles. The maximum atomic E-state index is 12.2. The predicted octanol–water partition coefficient (Wildman–Crippen LogP) is 2.31. The molecule has 102 valence electrons. The molecule has 1 saturated heterocycles. The van der Waals surface area contributed by atoms with E-state index in [1.165, 1.54) is 0 Å². The Bertz CT molecular complexity index is 514. The van der Waals surface area contributed by atoms with E-state index in [1.807, 2.05) is 37.3 Å². The smallest absolute Gasteiger partial charge is 0.212 e. The Morgan fingerprint density at radius 3 is 2.53 bits per heavy atom. The molecule has 0 amide bonds. The molecule has 1 N–H and O–H groups in total. The lowest BCUT2D eigenvalue weighted by atomic mass is 9.71. The number of rotatable bonds is 1. The van der Waals surface area contributed by atoms with Crippen LogP contribution in [-0.4, -0.2) is 16.7 Å². The van der Waals surface area contributed by atoms with Gasteiger partial charge in [-0.05, 0) is 19.4 Å². The molecule has 4 nitrogen and oxygen atoms in total. The third-order valence-electron chi connectivity index (χ3n) is 4.61. The predicted molar refractivity (Wildman–Crippen MR) is 67.9 cm³/mol. The van der Waals surface area contributed by atoms with Crippen molar-refractivity contribution in [3.05, 3.63) is 35.9 Å². The zero-order valence-corrected chi connectivity index (χ0v) is 11.2. The van der Waals surface area contributed by atoms with E-state index in [0.29, 0.717) is 19.3 Å². The van der Waals surface area contributed by atoms with Crippen molar-refractivity contribution in [3.8, 4) is 0 Å². The Kier molecular flexibility index (Phi) is 2.61. The summed E-state index contributed by atoms with van der Waals surface area (Å²) in [5.41, 5.74) is -0.684. The first-order valence-electron chi connectivity index (χ1n) is 6.58. The van der Waals surface area contributed by atoms with Gasteiger partial charge in [-0.1, -0.05) is 30.3 Å². The van der Waals surface area contributed by atoms with Gasteiger partial charge >= 0.3 is 0 Å². The van der Waals surface area contributed by atoms with Crippen LogP contribution in [0.3, 0.4) is 0 Å². The summed E-state index contributed by atoms with van der Waals surface area (Å²) in [5, 5.41) is 10.5. The van der Waals surface area contributed by atoms with E-state index in [4.69, 9.17) is 9.78 Å². The molecule has 1 aliphatic heterocycles. The number of Topliss-reactive ketones (excluding diaryl/α,β-unsaturated/α-hetero) is 1. The van der Waals surface area contributed by atoms with Gasteiger partial charge in [-0.25, -0.2) is 4.89 Å².